The first-order valence-corrected chi connectivity index (χ1v) is 10.0. The van der Waals surface area contributed by atoms with E-state index in [9.17, 15) is 9.59 Å². The lowest BCUT2D eigenvalue weighted by Gasteiger charge is -2.13. The van der Waals surface area contributed by atoms with Gasteiger partial charge in [0.15, 0.2) is 5.78 Å². The van der Waals surface area contributed by atoms with Gasteiger partial charge < -0.3 is 5.32 Å². The molecule has 0 saturated heterocycles. The molecule has 3 nitrogen and oxygen atoms in total. The van der Waals surface area contributed by atoms with Gasteiger partial charge in [-0.3, -0.25) is 9.59 Å². The second-order valence-corrected chi connectivity index (χ2v) is 7.03. The molecule has 1 N–H and O–H groups in total. The highest BCUT2D eigenvalue weighted by Crippen LogP contribution is 2.22. The Balaban J connectivity index is 2.04. The summed E-state index contributed by atoms with van der Waals surface area (Å²) in [5.41, 5.74) is 4.85. The van der Waals surface area contributed by atoms with Crippen molar-refractivity contribution in [2.24, 2.45) is 0 Å². The van der Waals surface area contributed by atoms with Crippen LogP contribution in [0.15, 0.2) is 97.1 Å². The summed E-state index contributed by atoms with van der Waals surface area (Å²) in [6.07, 6.45) is 3.92. The molecule has 0 bridgehead atoms. The Labute approximate surface area is 177 Å². The predicted molar refractivity (Wildman–Crippen MR) is 123 cm³/mol. The summed E-state index contributed by atoms with van der Waals surface area (Å²) in [5.74, 6) is -0.165. The highest BCUT2D eigenvalue weighted by Gasteiger charge is 2.11. The summed E-state index contributed by atoms with van der Waals surface area (Å²) >= 11 is 0. The zero-order valence-electron chi connectivity index (χ0n) is 17.3. The molecule has 30 heavy (non-hydrogen) atoms. The van der Waals surface area contributed by atoms with E-state index in [1.165, 1.54) is 0 Å². The van der Waals surface area contributed by atoms with Gasteiger partial charge in [-0.15, -0.1) is 0 Å². The Hall–Kier alpha value is -3.72. The van der Waals surface area contributed by atoms with Gasteiger partial charge in [-0.25, -0.2) is 0 Å². The van der Waals surface area contributed by atoms with E-state index in [0.717, 1.165) is 22.3 Å². The monoisotopic (exact) mass is 395 g/mol. The number of hydrogen-bond donors (Lipinski definition) is 1. The Bertz CT molecular complexity index is 1060. The molecule has 0 spiro atoms. The van der Waals surface area contributed by atoms with E-state index in [1.54, 1.807) is 6.08 Å². The number of amides is 1. The zero-order valence-corrected chi connectivity index (χ0v) is 17.3. The van der Waals surface area contributed by atoms with Crippen LogP contribution >= 0.6 is 0 Å². The van der Waals surface area contributed by atoms with E-state index in [0.29, 0.717) is 17.7 Å². The summed E-state index contributed by atoms with van der Waals surface area (Å²) in [6, 6.07) is 26.8. The number of allylic oxidation sites excluding steroid dienone is 3. The smallest absolute Gasteiger partial charge is 0.255 e. The third-order valence-electron chi connectivity index (χ3n) is 4.72. The molecule has 0 unspecified atom stereocenters. The minimum Gasteiger partial charge on any atom is -0.321 e. The van der Waals surface area contributed by atoms with Crippen molar-refractivity contribution in [2.45, 2.75) is 20.3 Å². The molecule has 0 aliphatic carbocycles. The quantitative estimate of drug-likeness (QED) is 0.404. The fourth-order valence-electron chi connectivity index (χ4n) is 2.98. The summed E-state index contributed by atoms with van der Waals surface area (Å²) in [4.78, 5) is 25.1. The average molecular weight is 396 g/mol. The number of carbonyl (C=O) groups is 2. The normalized spacial score (nSPS) is 11.8. The lowest BCUT2D eigenvalue weighted by Crippen LogP contribution is -2.22. The minimum atomic E-state index is -0.195. The number of carbonyl (C=O) groups excluding carboxylic acids is 2. The van der Waals surface area contributed by atoms with E-state index < -0.39 is 0 Å². The molecule has 0 aliphatic rings. The minimum absolute atomic E-state index is 0.0300. The van der Waals surface area contributed by atoms with Gasteiger partial charge >= 0.3 is 0 Å². The van der Waals surface area contributed by atoms with E-state index in [2.05, 4.69) is 5.32 Å². The van der Waals surface area contributed by atoms with Crippen molar-refractivity contribution in [3.05, 3.63) is 119 Å². The van der Waals surface area contributed by atoms with Crippen molar-refractivity contribution >= 4 is 23.0 Å². The summed E-state index contributed by atoms with van der Waals surface area (Å²) in [5, 5.41) is 3.03. The van der Waals surface area contributed by atoms with Gasteiger partial charge in [-0.05, 0) is 47.9 Å². The Kier molecular flexibility index (Phi) is 7.12. The Morgan fingerprint density at radius 3 is 1.87 bits per heavy atom. The number of rotatable bonds is 7. The number of aryl methyl sites for hydroxylation is 1. The molecule has 3 aromatic rings. The third kappa shape index (κ3) is 5.65. The molecule has 0 heterocycles. The number of ketones is 1. The molecule has 3 rings (SSSR count). The SMILES string of the molecule is CCC(=O)/C=C(/C=C(/NC(=O)c1ccc(C)cc1)c1ccccc1)c1ccccc1. The maximum absolute atomic E-state index is 12.9. The van der Waals surface area contributed by atoms with Crippen molar-refractivity contribution in [1.29, 1.82) is 0 Å². The van der Waals surface area contributed by atoms with Crippen LogP contribution in [0.3, 0.4) is 0 Å². The number of benzene rings is 3. The maximum Gasteiger partial charge on any atom is 0.255 e. The van der Waals surface area contributed by atoms with Crippen molar-refractivity contribution in [2.75, 3.05) is 0 Å². The van der Waals surface area contributed by atoms with Crippen molar-refractivity contribution in [3.63, 3.8) is 0 Å². The summed E-state index contributed by atoms with van der Waals surface area (Å²) in [6.45, 7) is 3.82. The fraction of sp³-hybridized carbons (Fsp3) is 0.111. The van der Waals surface area contributed by atoms with E-state index in [-0.39, 0.29) is 11.7 Å². The van der Waals surface area contributed by atoms with Gasteiger partial charge in [0.25, 0.3) is 5.91 Å². The van der Waals surface area contributed by atoms with Crippen molar-refractivity contribution in [1.82, 2.24) is 5.32 Å². The standard InChI is InChI=1S/C27H25NO2/c1-3-25(29)18-24(21-10-6-4-7-11-21)19-26(22-12-8-5-9-13-22)28-27(30)23-16-14-20(2)15-17-23/h4-19H,3H2,1-2H3,(H,28,30)/b24-18-,26-19+. The van der Waals surface area contributed by atoms with E-state index in [1.807, 2.05) is 105 Å². The maximum atomic E-state index is 12.9. The summed E-state index contributed by atoms with van der Waals surface area (Å²) < 4.78 is 0. The average Bonchev–Trinajstić information content (AvgIpc) is 2.79. The molecule has 150 valence electrons. The first-order chi connectivity index (χ1) is 14.6. The van der Waals surface area contributed by atoms with Crippen LogP contribution in [0.2, 0.25) is 0 Å². The van der Waals surface area contributed by atoms with E-state index in [4.69, 9.17) is 0 Å². The molecule has 1 amide bonds. The molecule has 0 aromatic heterocycles. The first kappa shape index (κ1) is 21.0. The van der Waals surface area contributed by atoms with Gasteiger partial charge in [0.2, 0.25) is 0 Å². The molecular formula is C27H25NO2. The second-order valence-electron chi connectivity index (χ2n) is 7.03. The highest BCUT2D eigenvalue weighted by atomic mass is 16.1. The van der Waals surface area contributed by atoms with E-state index >= 15 is 0 Å². The molecule has 0 atom stereocenters. The molecule has 3 heteroatoms. The van der Waals surface area contributed by atoms with Gasteiger partial charge in [-0.1, -0.05) is 85.3 Å². The Morgan fingerprint density at radius 1 is 0.733 bits per heavy atom. The summed E-state index contributed by atoms with van der Waals surface area (Å²) in [7, 11) is 0. The highest BCUT2D eigenvalue weighted by molar-refractivity contribution is 6.03. The molecule has 3 aromatic carbocycles. The van der Waals surface area contributed by atoms with Gasteiger partial charge in [0.05, 0.1) is 0 Å². The van der Waals surface area contributed by atoms with Crippen LogP contribution in [0.1, 0.15) is 40.4 Å². The zero-order chi connectivity index (χ0) is 21.3. The van der Waals surface area contributed by atoms with Gasteiger partial charge in [0.1, 0.15) is 0 Å². The van der Waals surface area contributed by atoms with Crippen LogP contribution in [0, 0.1) is 6.92 Å². The molecular weight excluding hydrogens is 370 g/mol. The molecule has 0 fully saturated rings. The van der Waals surface area contributed by atoms with Crippen LogP contribution in [0.4, 0.5) is 0 Å². The number of hydrogen-bond acceptors (Lipinski definition) is 2. The number of nitrogens with one attached hydrogen (secondary N) is 1. The Morgan fingerprint density at radius 2 is 1.30 bits per heavy atom. The largest absolute Gasteiger partial charge is 0.321 e. The molecule has 0 aliphatic heterocycles. The van der Waals surface area contributed by atoms with Crippen molar-refractivity contribution in [3.8, 4) is 0 Å². The molecule has 0 radical (unpaired) electrons. The topological polar surface area (TPSA) is 46.2 Å². The second kappa shape index (κ2) is 10.2. The predicted octanol–water partition coefficient (Wildman–Crippen LogP) is 5.83. The van der Waals surface area contributed by atoms with Crippen LogP contribution in [0.5, 0.6) is 0 Å². The van der Waals surface area contributed by atoms with Crippen LogP contribution < -0.4 is 5.32 Å². The van der Waals surface area contributed by atoms with Gasteiger partial charge in [-0.2, -0.15) is 0 Å². The third-order valence-corrected chi connectivity index (χ3v) is 4.72. The van der Waals surface area contributed by atoms with Crippen LogP contribution in [-0.4, -0.2) is 11.7 Å². The van der Waals surface area contributed by atoms with Gasteiger partial charge in [0, 0.05) is 17.7 Å². The molecule has 0 saturated carbocycles. The van der Waals surface area contributed by atoms with Crippen LogP contribution in [0.25, 0.3) is 11.3 Å². The lowest BCUT2D eigenvalue weighted by atomic mass is 10.0. The van der Waals surface area contributed by atoms with Crippen molar-refractivity contribution < 1.29 is 9.59 Å². The van der Waals surface area contributed by atoms with Crippen LogP contribution in [-0.2, 0) is 4.79 Å². The first-order valence-electron chi connectivity index (χ1n) is 10.0. The fourth-order valence-corrected chi connectivity index (χ4v) is 2.98. The lowest BCUT2D eigenvalue weighted by molar-refractivity contribution is -0.114.